The average molecular weight is 340 g/mol. The van der Waals surface area contributed by atoms with E-state index in [1.165, 1.54) is 0 Å². The third-order valence-electron chi connectivity index (χ3n) is 3.95. The highest BCUT2D eigenvalue weighted by Crippen LogP contribution is 2.14. The van der Waals surface area contributed by atoms with E-state index in [-0.39, 0.29) is 5.91 Å². The van der Waals surface area contributed by atoms with E-state index in [4.69, 9.17) is 11.6 Å². The third-order valence-corrected chi connectivity index (χ3v) is 4.20. The molecular weight excluding hydrogens is 322 g/mol. The number of rotatable bonds is 4. The Bertz CT molecular complexity index is 891. The van der Waals surface area contributed by atoms with Crippen LogP contribution in [0.3, 0.4) is 0 Å². The van der Waals surface area contributed by atoms with Crippen molar-refractivity contribution >= 4 is 28.5 Å². The average Bonchev–Trinajstić information content (AvgIpc) is 2.57. The number of halogens is 1. The number of amides is 1. The van der Waals surface area contributed by atoms with Gasteiger partial charge in [0.25, 0.3) is 5.91 Å². The number of nitrogens with zero attached hydrogens (tertiary/aromatic N) is 2. The Morgan fingerprint density at radius 3 is 2.38 bits per heavy atom. The highest BCUT2D eigenvalue weighted by atomic mass is 35.5. The van der Waals surface area contributed by atoms with Crippen molar-refractivity contribution in [2.24, 2.45) is 0 Å². The van der Waals surface area contributed by atoms with E-state index in [0.29, 0.717) is 17.1 Å². The lowest BCUT2D eigenvalue weighted by Crippen LogP contribution is -2.25. The van der Waals surface area contributed by atoms with Crippen LogP contribution in [0, 0.1) is 13.8 Å². The van der Waals surface area contributed by atoms with Gasteiger partial charge in [-0.05, 0) is 56.2 Å². The molecule has 0 unspecified atom stereocenters. The molecule has 0 fully saturated rings. The molecule has 2 aromatic carbocycles. The minimum atomic E-state index is -0.106. The number of benzene rings is 2. The summed E-state index contributed by atoms with van der Waals surface area (Å²) in [7, 11) is 0. The van der Waals surface area contributed by atoms with E-state index < -0.39 is 0 Å². The molecule has 0 radical (unpaired) electrons. The van der Waals surface area contributed by atoms with Crippen LogP contribution in [0.25, 0.3) is 11.0 Å². The molecule has 0 saturated carbocycles. The van der Waals surface area contributed by atoms with Crippen molar-refractivity contribution in [2.75, 3.05) is 6.54 Å². The second-order valence-electron chi connectivity index (χ2n) is 5.73. The van der Waals surface area contributed by atoms with Crippen LogP contribution >= 0.6 is 11.6 Å². The second kappa shape index (κ2) is 6.97. The van der Waals surface area contributed by atoms with Gasteiger partial charge in [0.1, 0.15) is 0 Å². The summed E-state index contributed by atoms with van der Waals surface area (Å²) in [4.78, 5) is 21.3. The Balaban J connectivity index is 1.67. The summed E-state index contributed by atoms with van der Waals surface area (Å²) in [5.74, 6) is -0.106. The molecule has 0 atom stereocenters. The fourth-order valence-electron chi connectivity index (χ4n) is 2.45. The maximum atomic E-state index is 12.3. The summed E-state index contributed by atoms with van der Waals surface area (Å²) in [6, 6.07) is 13.0. The van der Waals surface area contributed by atoms with Gasteiger partial charge in [-0.3, -0.25) is 4.79 Å². The summed E-state index contributed by atoms with van der Waals surface area (Å²) in [6.07, 6.45) is 0.759. The maximum Gasteiger partial charge on any atom is 0.251 e. The first-order valence-electron chi connectivity index (χ1n) is 7.80. The number of aromatic nitrogens is 2. The second-order valence-corrected chi connectivity index (χ2v) is 6.17. The first kappa shape index (κ1) is 16.4. The molecule has 3 rings (SSSR count). The molecule has 0 bridgehead atoms. The van der Waals surface area contributed by atoms with E-state index in [2.05, 4.69) is 15.3 Å². The van der Waals surface area contributed by atoms with Gasteiger partial charge in [0.05, 0.1) is 22.4 Å². The first-order valence-corrected chi connectivity index (χ1v) is 8.18. The van der Waals surface area contributed by atoms with Crippen molar-refractivity contribution in [3.05, 3.63) is 70.0 Å². The number of fused-ring (bicyclic) bond motifs is 1. The van der Waals surface area contributed by atoms with E-state index in [0.717, 1.165) is 34.4 Å². The van der Waals surface area contributed by atoms with Crippen molar-refractivity contribution in [1.29, 1.82) is 0 Å². The molecule has 0 aliphatic carbocycles. The fourth-order valence-corrected chi connectivity index (χ4v) is 2.57. The summed E-state index contributed by atoms with van der Waals surface area (Å²) >= 11 is 5.86. The zero-order valence-electron chi connectivity index (χ0n) is 13.6. The highest BCUT2D eigenvalue weighted by Gasteiger charge is 2.08. The Labute approximate surface area is 145 Å². The van der Waals surface area contributed by atoms with Gasteiger partial charge in [-0.15, -0.1) is 0 Å². The van der Waals surface area contributed by atoms with Crippen molar-refractivity contribution in [2.45, 2.75) is 20.3 Å². The van der Waals surface area contributed by atoms with Gasteiger partial charge in [0.2, 0.25) is 0 Å². The van der Waals surface area contributed by atoms with Crippen LogP contribution in [0.5, 0.6) is 0 Å². The van der Waals surface area contributed by atoms with Crippen molar-refractivity contribution in [3.8, 4) is 0 Å². The van der Waals surface area contributed by atoms with Crippen LogP contribution in [-0.2, 0) is 6.42 Å². The van der Waals surface area contributed by atoms with Gasteiger partial charge >= 0.3 is 0 Å². The van der Waals surface area contributed by atoms with Gasteiger partial charge < -0.3 is 5.32 Å². The normalized spacial score (nSPS) is 10.8. The van der Waals surface area contributed by atoms with Crippen LogP contribution in [0.15, 0.2) is 42.5 Å². The minimum absolute atomic E-state index is 0.106. The van der Waals surface area contributed by atoms with E-state index in [1.807, 2.05) is 44.2 Å². The molecule has 122 valence electrons. The number of carbonyl (C=O) groups is 1. The van der Waals surface area contributed by atoms with Crippen molar-refractivity contribution in [1.82, 2.24) is 15.3 Å². The molecule has 0 spiro atoms. The smallest absolute Gasteiger partial charge is 0.251 e. The molecule has 1 aromatic heterocycles. The number of aryl methyl sites for hydroxylation is 2. The summed E-state index contributed by atoms with van der Waals surface area (Å²) in [6.45, 7) is 4.41. The fraction of sp³-hybridized carbons (Fsp3) is 0.211. The zero-order valence-corrected chi connectivity index (χ0v) is 14.4. The SMILES string of the molecule is Cc1nc2ccc(C(=O)NCCc3ccc(Cl)cc3)cc2nc1C. The minimum Gasteiger partial charge on any atom is -0.352 e. The van der Waals surface area contributed by atoms with Gasteiger partial charge in [0, 0.05) is 17.1 Å². The predicted molar refractivity (Wildman–Crippen MR) is 96.5 cm³/mol. The zero-order chi connectivity index (χ0) is 17.1. The van der Waals surface area contributed by atoms with Crippen LogP contribution in [0.1, 0.15) is 27.3 Å². The van der Waals surface area contributed by atoms with Crippen molar-refractivity contribution < 1.29 is 4.79 Å². The molecule has 1 heterocycles. The van der Waals surface area contributed by atoms with E-state index in [9.17, 15) is 4.79 Å². The molecule has 4 nitrogen and oxygen atoms in total. The number of carbonyl (C=O) groups excluding carboxylic acids is 1. The lowest BCUT2D eigenvalue weighted by molar-refractivity contribution is 0.0954. The third kappa shape index (κ3) is 3.71. The quantitative estimate of drug-likeness (QED) is 0.785. The Morgan fingerprint density at radius 2 is 1.67 bits per heavy atom. The molecule has 3 aromatic rings. The Hall–Kier alpha value is -2.46. The standard InChI is InChI=1S/C19H18ClN3O/c1-12-13(2)23-18-11-15(5-8-17(18)22-12)19(24)21-10-9-14-3-6-16(20)7-4-14/h3-8,11H,9-10H2,1-2H3,(H,21,24). The summed E-state index contributed by atoms with van der Waals surface area (Å²) in [5.41, 5.74) is 5.05. The first-order chi connectivity index (χ1) is 11.5. The molecular formula is C19H18ClN3O. The van der Waals surface area contributed by atoms with E-state index in [1.54, 1.807) is 12.1 Å². The maximum absolute atomic E-state index is 12.3. The van der Waals surface area contributed by atoms with Crippen LogP contribution < -0.4 is 5.32 Å². The van der Waals surface area contributed by atoms with Gasteiger partial charge in [-0.2, -0.15) is 0 Å². The molecule has 1 N–H and O–H groups in total. The van der Waals surface area contributed by atoms with Gasteiger partial charge in [0.15, 0.2) is 0 Å². The van der Waals surface area contributed by atoms with Crippen LogP contribution in [-0.4, -0.2) is 22.4 Å². The predicted octanol–water partition coefficient (Wildman–Crippen LogP) is 3.87. The molecule has 1 amide bonds. The van der Waals surface area contributed by atoms with E-state index >= 15 is 0 Å². The number of nitrogens with one attached hydrogen (secondary N) is 1. The largest absolute Gasteiger partial charge is 0.352 e. The van der Waals surface area contributed by atoms with Gasteiger partial charge in [-0.1, -0.05) is 23.7 Å². The van der Waals surface area contributed by atoms with Gasteiger partial charge in [-0.25, -0.2) is 9.97 Å². The monoisotopic (exact) mass is 339 g/mol. The highest BCUT2D eigenvalue weighted by molar-refractivity contribution is 6.30. The number of hydrogen-bond acceptors (Lipinski definition) is 3. The molecule has 0 aliphatic rings. The molecule has 24 heavy (non-hydrogen) atoms. The van der Waals surface area contributed by atoms with Crippen LogP contribution in [0.4, 0.5) is 0 Å². The lowest BCUT2D eigenvalue weighted by Gasteiger charge is -2.07. The number of hydrogen-bond donors (Lipinski definition) is 1. The summed E-state index contributed by atoms with van der Waals surface area (Å²) in [5, 5.41) is 3.65. The lowest BCUT2D eigenvalue weighted by atomic mass is 10.1. The molecule has 0 saturated heterocycles. The van der Waals surface area contributed by atoms with Crippen molar-refractivity contribution in [3.63, 3.8) is 0 Å². The van der Waals surface area contributed by atoms with Crippen LogP contribution in [0.2, 0.25) is 5.02 Å². The summed E-state index contributed by atoms with van der Waals surface area (Å²) < 4.78 is 0. The molecule has 0 aliphatic heterocycles. The Morgan fingerprint density at radius 1 is 1.00 bits per heavy atom. The topological polar surface area (TPSA) is 54.9 Å². The molecule has 5 heteroatoms. The Kier molecular flexibility index (Phi) is 4.76.